The molecule has 0 heterocycles. The van der Waals surface area contributed by atoms with E-state index >= 15 is 0 Å². The number of rotatable bonds is 5. The van der Waals surface area contributed by atoms with Crippen molar-refractivity contribution in [2.75, 3.05) is 32.6 Å². The fourth-order valence-electron chi connectivity index (χ4n) is 1.61. The third-order valence-corrected chi connectivity index (χ3v) is 4.53. The van der Waals surface area contributed by atoms with Gasteiger partial charge in [0.15, 0.2) is 0 Å². The van der Waals surface area contributed by atoms with E-state index in [2.05, 4.69) is 5.92 Å². The highest BCUT2D eigenvalue weighted by Crippen LogP contribution is 2.24. The van der Waals surface area contributed by atoms with Crippen LogP contribution in [0.2, 0.25) is 0 Å². The molecule has 0 aliphatic heterocycles. The van der Waals surface area contributed by atoms with Gasteiger partial charge in [0.25, 0.3) is 0 Å². The van der Waals surface area contributed by atoms with E-state index in [1.54, 1.807) is 11.9 Å². The summed E-state index contributed by atoms with van der Waals surface area (Å²) in [6, 6.07) is 3.95. The fraction of sp³-hybridized carbons (Fsp3) is 0.308. The van der Waals surface area contributed by atoms with Crippen LogP contribution in [0.1, 0.15) is 10.4 Å². The molecule has 0 saturated heterocycles. The average molecular weight is 296 g/mol. The van der Waals surface area contributed by atoms with Crippen LogP contribution >= 0.6 is 0 Å². The molecule has 0 radical (unpaired) electrons. The monoisotopic (exact) mass is 296 g/mol. The lowest BCUT2D eigenvalue weighted by atomic mass is 10.1. The van der Waals surface area contributed by atoms with E-state index in [-0.39, 0.29) is 17.0 Å². The molecular formula is C13H16N2O4S. The third kappa shape index (κ3) is 3.10. The first-order valence-electron chi connectivity index (χ1n) is 5.66. The molecule has 0 fully saturated rings. The molecule has 7 heteroatoms. The number of sulfonamides is 1. The Morgan fingerprint density at radius 1 is 1.35 bits per heavy atom. The van der Waals surface area contributed by atoms with Crippen molar-refractivity contribution in [1.82, 2.24) is 4.31 Å². The van der Waals surface area contributed by atoms with Gasteiger partial charge in [-0.05, 0) is 18.2 Å². The Morgan fingerprint density at radius 3 is 2.40 bits per heavy atom. The highest BCUT2D eigenvalue weighted by Gasteiger charge is 2.21. The van der Waals surface area contributed by atoms with Crippen LogP contribution in [0, 0.1) is 12.3 Å². The summed E-state index contributed by atoms with van der Waals surface area (Å²) in [6.07, 6.45) is 5.19. The van der Waals surface area contributed by atoms with E-state index in [9.17, 15) is 18.3 Å². The van der Waals surface area contributed by atoms with Crippen molar-refractivity contribution >= 4 is 21.7 Å². The molecule has 0 aliphatic carbocycles. The Bertz CT molecular complexity index is 659. The number of anilines is 1. The summed E-state index contributed by atoms with van der Waals surface area (Å²) < 4.78 is 25.0. The smallest absolute Gasteiger partial charge is 0.337 e. The van der Waals surface area contributed by atoms with Crippen molar-refractivity contribution in [2.45, 2.75) is 4.90 Å². The molecular weight excluding hydrogens is 280 g/mol. The first-order valence-corrected chi connectivity index (χ1v) is 7.10. The van der Waals surface area contributed by atoms with Gasteiger partial charge < -0.3 is 10.0 Å². The second kappa shape index (κ2) is 5.94. The van der Waals surface area contributed by atoms with Gasteiger partial charge in [0.05, 0.1) is 22.7 Å². The van der Waals surface area contributed by atoms with E-state index in [0.717, 1.165) is 10.4 Å². The van der Waals surface area contributed by atoms with Crippen LogP contribution in [0.4, 0.5) is 5.69 Å². The zero-order chi connectivity index (χ0) is 15.5. The van der Waals surface area contributed by atoms with E-state index < -0.39 is 16.0 Å². The summed E-state index contributed by atoms with van der Waals surface area (Å²) in [5.74, 6) is 1.19. The zero-order valence-electron chi connectivity index (χ0n) is 11.5. The van der Waals surface area contributed by atoms with Crippen LogP contribution in [-0.2, 0) is 10.0 Å². The van der Waals surface area contributed by atoms with Crippen molar-refractivity contribution in [3.63, 3.8) is 0 Å². The lowest BCUT2D eigenvalue weighted by Crippen LogP contribution is -2.24. The van der Waals surface area contributed by atoms with E-state index in [4.69, 9.17) is 6.42 Å². The summed E-state index contributed by atoms with van der Waals surface area (Å²) in [4.78, 5) is 12.8. The molecule has 0 spiro atoms. The Balaban J connectivity index is 3.43. The predicted molar refractivity (Wildman–Crippen MR) is 76.4 cm³/mol. The van der Waals surface area contributed by atoms with Gasteiger partial charge in [-0.3, -0.25) is 0 Å². The van der Waals surface area contributed by atoms with Crippen molar-refractivity contribution in [1.29, 1.82) is 0 Å². The molecule has 0 atom stereocenters. The number of terminal acetylenes is 1. The van der Waals surface area contributed by atoms with Crippen molar-refractivity contribution < 1.29 is 18.3 Å². The van der Waals surface area contributed by atoms with Gasteiger partial charge in [0, 0.05) is 21.1 Å². The number of carbonyl (C=O) groups is 1. The highest BCUT2D eigenvalue weighted by atomic mass is 32.2. The van der Waals surface area contributed by atoms with E-state index in [1.807, 2.05) is 0 Å². The standard InChI is InChI=1S/C13H16N2O4S/c1-5-8-15(4)12-7-6-10(9-11(12)13(16)17)20(18,19)14(2)3/h1,6-7,9H,8H2,2-4H3,(H,16,17). The first kappa shape index (κ1) is 16.0. The van der Waals surface area contributed by atoms with Crippen LogP contribution in [0.25, 0.3) is 0 Å². The van der Waals surface area contributed by atoms with Crippen LogP contribution < -0.4 is 4.90 Å². The maximum Gasteiger partial charge on any atom is 0.337 e. The largest absolute Gasteiger partial charge is 0.478 e. The normalized spacial score (nSPS) is 11.2. The number of hydrogen-bond acceptors (Lipinski definition) is 4. The highest BCUT2D eigenvalue weighted by molar-refractivity contribution is 7.89. The topological polar surface area (TPSA) is 77.9 Å². The molecule has 1 aromatic carbocycles. The van der Waals surface area contributed by atoms with E-state index in [1.165, 1.54) is 26.2 Å². The van der Waals surface area contributed by atoms with Crippen molar-refractivity contribution in [2.24, 2.45) is 0 Å². The maximum absolute atomic E-state index is 12.0. The van der Waals surface area contributed by atoms with Gasteiger partial charge in [-0.2, -0.15) is 0 Å². The SMILES string of the molecule is C#CCN(C)c1ccc(S(=O)(=O)N(C)C)cc1C(=O)O. The molecule has 1 N–H and O–H groups in total. The number of carboxylic acid groups (broad SMARTS) is 1. The second-order valence-electron chi connectivity index (χ2n) is 4.33. The minimum atomic E-state index is -3.68. The van der Waals surface area contributed by atoms with E-state index in [0.29, 0.717) is 5.69 Å². The van der Waals surface area contributed by atoms with Gasteiger partial charge in [-0.1, -0.05) is 5.92 Å². The molecule has 20 heavy (non-hydrogen) atoms. The van der Waals surface area contributed by atoms with Crippen molar-refractivity contribution in [3.05, 3.63) is 23.8 Å². The average Bonchev–Trinajstić information content (AvgIpc) is 2.37. The molecule has 0 saturated carbocycles. The molecule has 108 valence electrons. The van der Waals surface area contributed by atoms with Crippen LogP contribution in [0.15, 0.2) is 23.1 Å². The number of carboxylic acids is 1. The summed E-state index contributed by atoms with van der Waals surface area (Å²) in [5.41, 5.74) is 0.263. The van der Waals surface area contributed by atoms with Gasteiger partial charge >= 0.3 is 5.97 Å². The number of benzene rings is 1. The number of aromatic carboxylic acids is 1. The molecule has 1 aromatic rings. The summed E-state index contributed by atoms with van der Waals surface area (Å²) in [5, 5.41) is 9.22. The Kier molecular flexibility index (Phi) is 4.76. The van der Waals surface area contributed by atoms with Gasteiger partial charge in [0.2, 0.25) is 10.0 Å². The Hall–Kier alpha value is -2.04. The molecule has 0 aliphatic rings. The molecule has 0 bridgehead atoms. The number of nitrogens with zero attached hydrogens (tertiary/aromatic N) is 2. The summed E-state index contributed by atoms with van der Waals surface area (Å²) in [6.45, 7) is 0.222. The molecule has 6 nitrogen and oxygen atoms in total. The maximum atomic E-state index is 12.0. The minimum absolute atomic E-state index is 0.0715. The predicted octanol–water partition coefficient (Wildman–Crippen LogP) is 0.705. The third-order valence-electron chi connectivity index (χ3n) is 2.72. The summed E-state index contributed by atoms with van der Waals surface area (Å²) in [7, 11) is 0.730. The number of hydrogen-bond donors (Lipinski definition) is 1. The van der Waals surface area contributed by atoms with Crippen LogP contribution in [-0.4, -0.2) is 51.5 Å². The molecule has 0 amide bonds. The lowest BCUT2D eigenvalue weighted by Gasteiger charge is -2.20. The second-order valence-corrected chi connectivity index (χ2v) is 6.48. The summed E-state index contributed by atoms with van der Waals surface area (Å²) >= 11 is 0. The van der Waals surface area contributed by atoms with Crippen molar-refractivity contribution in [3.8, 4) is 12.3 Å². The Labute approximate surface area is 118 Å². The van der Waals surface area contributed by atoms with Crippen LogP contribution in [0.3, 0.4) is 0 Å². The van der Waals surface area contributed by atoms with Gasteiger partial charge in [-0.25, -0.2) is 17.5 Å². The van der Waals surface area contributed by atoms with Gasteiger partial charge in [-0.15, -0.1) is 6.42 Å². The fourth-order valence-corrected chi connectivity index (χ4v) is 2.54. The molecule has 0 aromatic heterocycles. The Morgan fingerprint density at radius 2 is 1.95 bits per heavy atom. The van der Waals surface area contributed by atoms with Crippen LogP contribution in [0.5, 0.6) is 0 Å². The minimum Gasteiger partial charge on any atom is -0.478 e. The lowest BCUT2D eigenvalue weighted by molar-refractivity contribution is 0.0697. The zero-order valence-corrected chi connectivity index (χ0v) is 12.3. The quantitative estimate of drug-likeness (QED) is 0.809. The van der Waals surface area contributed by atoms with Gasteiger partial charge in [0.1, 0.15) is 0 Å². The molecule has 1 rings (SSSR count). The first-order chi connectivity index (χ1) is 9.21. The molecule has 0 unspecified atom stereocenters.